The van der Waals surface area contributed by atoms with E-state index < -0.39 is 0 Å². The van der Waals surface area contributed by atoms with E-state index in [2.05, 4.69) is 35.2 Å². The molecular formula is C25H39N5O2. The van der Waals surface area contributed by atoms with Gasteiger partial charge >= 0.3 is 0 Å². The van der Waals surface area contributed by atoms with Crippen molar-refractivity contribution in [2.24, 2.45) is 10.8 Å². The van der Waals surface area contributed by atoms with Crippen molar-refractivity contribution in [2.75, 3.05) is 13.2 Å². The zero-order valence-corrected chi connectivity index (χ0v) is 19.5. The second-order valence-electron chi connectivity index (χ2n) is 7.71. The Balaban J connectivity index is 1.61. The maximum Gasteiger partial charge on any atom is 0.225 e. The molecule has 0 aliphatic heterocycles. The van der Waals surface area contributed by atoms with Gasteiger partial charge in [-0.2, -0.15) is 0 Å². The molecule has 176 valence electrons. The van der Waals surface area contributed by atoms with E-state index in [0.29, 0.717) is 13.1 Å². The summed E-state index contributed by atoms with van der Waals surface area (Å²) in [6.45, 7) is 7.11. The minimum atomic E-state index is 0.275. The van der Waals surface area contributed by atoms with Crippen LogP contribution in [-0.2, 0) is 13.1 Å². The number of nitrogens with two attached hydrogens (primary N) is 1. The Morgan fingerprint density at radius 1 is 0.750 bits per heavy atom. The number of nitrogens with zero attached hydrogens (tertiary/aromatic N) is 1. The van der Waals surface area contributed by atoms with Gasteiger partial charge in [0.2, 0.25) is 5.96 Å². The first kappa shape index (κ1) is 25.3. The summed E-state index contributed by atoms with van der Waals surface area (Å²) in [4.78, 5) is 0. The lowest BCUT2D eigenvalue weighted by molar-refractivity contribution is 0.306. The van der Waals surface area contributed by atoms with E-state index >= 15 is 0 Å². The van der Waals surface area contributed by atoms with Crippen LogP contribution in [0.2, 0.25) is 0 Å². The Bertz CT molecular complexity index is 763. The highest BCUT2D eigenvalue weighted by atomic mass is 16.5. The normalized spacial score (nSPS) is 11.2. The molecule has 0 unspecified atom stereocenters. The highest BCUT2D eigenvalue weighted by molar-refractivity contribution is 5.76. The van der Waals surface area contributed by atoms with E-state index in [9.17, 15) is 0 Å². The number of hydrogen-bond acceptors (Lipinski definition) is 5. The highest BCUT2D eigenvalue weighted by Gasteiger charge is 1.98. The van der Waals surface area contributed by atoms with Crippen LogP contribution >= 0.6 is 0 Å². The van der Waals surface area contributed by atoms with Gasteiger partial charge in [-0.1, -0.05) is 63.8 Å². The summed E-state index contributed by atoms with van der Waals surface area (Å²) >= 11 is 0. The van der Waals surface area contributed by atoms with Crippen molar-refractivity contribution in [1.29, 1.82) is 0 Å². The monoisotopic (exact) mass is 441 g/mol. The first-order valence-electron chi connectivity index (χ1n) is 11.7. The zero-order valence-electron chi connectivity index (χ0n) is 19.5. The van der Waals surface area contributed by atoms with Crippen LogP contribution in [0.1, 0.15) is 63.5 Å². The zero-order chi connectivity index (χ0) is 22.9. The third kappa shape index (κ3) is 10.9. The lowest BCUT2D eigenvalue weighted by Crippen LogP contribution is -2.42. The van der Waals surface area contributed by atoms with Crippen LogP contribution in [0.4, 0.5) is 0 Å². The Hall–Kier alpha value is -2.93. The van der Waals surface area contributed by atoms with Crippen LogP contribution in [0.25, 0.3) is 0 Å². The van der Waals surface area contributed by atoms with E-state index in [4.69, 9.17) is 15.2 Å². The fraction of sp³-hybridized carbons (Fsp3) is 0.480. The van der Waals surface area contributed by atoms with Gasteiger partial charge in [0.15, 0.2) is 0 Å². The molecule has 0 spiro atoms. The molecule has 2 rings (SSSR count). The van der Waals surface area contributed by atoms with Crippen molar-refractivity contribution in [3.05, 3.63) is 59.7 Å². The van der Waals surface area contributed by atoms with Gasteiger partial charge in [-0.15, -0.1) is 5.10 Å². The van der Waals surface area contributed by atoms with Crippen molar-refractivity contribution in [2.45, 2.75) is 65.5 Å². The molecule has 0 aliphatic carbocycles. The molecule has 0 aliphatic rings. The number of nitrogens with one attached hydrogen (secondary N) is 3. The van der Waals surface area contributed by atoms with E-state index in [1.165, 1.54) is 25.7 Å². The molecular weight excluding hydrogens is 402 g/mol. The van der Waals surface area contributed by atoms with Crippen molar-refractivity contribution in [1.82, 2.24) is 16.3 Å². The molecule has 0 saturated carbocycles. The summed E-state index contributed by atoms with van der Waals surface area (Å²) < 4.78 is 11.5. The topological polar surface area (TPSA) is 92.9 Å². The highest BCUT2D eigenvalue weighted by Crippen LogP contribution is 2.13. The Morgan fingerprint density at radius 3 is 1.75 bits per heavy atom. The summed E-state index contributed by atoms with van der Waals surface area (Å²) in [5, 5.41) is 4.13. The Kier molecular flexibility index (Phi) is 12.5. The predicted octanol–water partition coefficient (Wildman–Crippen LogP) is 4.44. The molecule has 0 amide bonds. The average molecular weight is 442 g/mol. The van der Waals surface area contributed by atoms with Gasteiger partial charge in [0.05, 0.1) is 19.8 Å². The van der Waals surface area contributed by atoms with Gasteiger partial charge in [-0.25, -0.2) is 5.43 Å². The summed E-state index contributed by atoms with van der Waals surface area (Å²) in [6.07, 6.45) is 6.98. The molecule has 0 bridgehead atoms. The molecule has 0 heterocycles. The summed E-state index contributed by atoms with van der Waals surface area (Å²) in [5.74, 6) is 2.07. The molecule has 5 N–H and O–H groups in total. The smallest absolute Gasteiger partial charge is 0.225 e. The van der Waals surface area contributed by atoms with Gasteiger partial charge in [0.1, 0.15) is 11.5 Å². The summed E-state index contributed by atoms with van der Waals surface area (Å²) in [6, 6.07) is 16.1. The molecule has 0 fully saturated rings. The lowest BCUT2D eigenvalue weighted by atomic mass is 10.2. The molecule has 0 radical (unpaired) electrons. The minimum absolute atomic E-state index is 0.275. The van der Waals surface area contributed by atoms with Crippen LogP contribution in [0, 0.1) is 0 Å². The van der Waals surface area contributed by atoms with Gasteiger partial charge < -0.3 is 20.6 Å². The van der Waals surface area contributed by atoms with Crippen LogP contribution < -0.4 is 31.5 Å². The van der Waals surface area contributed by atoms with E-state index in [0.717, 1.165) is 48.7 Å². The van der Waals surface area contributed by atoms with Crippen LogP contribution in [0.15, 0.2) is 53.6 Å². The third-order valence-electron chi connectivity index (χ3n) is 4.87. The van der Waals surface area contributed by atoms with Gasteiger partial charge in [-0.3, -0.25) is 5.43 Å². The lowest BCUT2D eigenvalue weighted by Gasteiger charge is -2.10. The maximum atomic E-state index is 5.88. The molecule has 0 saturated heterocycles. The number of hydrazine groups is 1. The van der Waals surface area contributed by atoms with Crippen molar-refractivity contribution >= 4 is 5.96 Å². The summed E-state index contributed by atoms with van der Waals surface area (Å²) in [7, 11) is 0. The van der Waals surface area contributed by atoms with E-state index in [1.807, 2.05) is 48.5 Å². The number of unbranched alkanes of at least 4 members (excludes halogenated alkanes) is 4. The Labute approximate surface area is 192 Å². The van der Waals surface area contributed by atoms with Crippen LogP contribution in [-0.4, -0.2) is 19.2 Å². The Morgan fingerprint density at radius 2 is 1.25 bits per heavy atom. The number of hydrazone groups is 1. The van der Waals surface area contributed by atoms with Crippen LogP contribution in [0.5, 0.6) is 11.5 Å². The number of benzene rings is 2. The van der Waals surface area contributed by atoms with E-state index in [1.54, 1.807) is 0 Å². The molecule has 2 aromatic carbocycles. The van der Waals surface area contributed by atoms with Crippen molar-refractivity contribution < 1.29 is 9.47 Å². The predicted molar refractivity (Wildman–Crippen MR) is 131 cm³/mol. The minimum Gasteiger partial charge on any atom is -0.494 e. The number of guanidine groups is 1. The summed E-state index contributed by atoms with van der Waals surface area (Å²) in [5.41, 5.74) is 17.0. The first-order valence-corrected chi connectivity index (χ1v) is 11.7. The fourth-order valence-electron chi connectivity index (χ4n) is 2.97. The molecule has 32 heavy (non-hydrogen) atoms. The average Bonchev–Trinajstić information content (AvgIpc) is 2.81. The SMILES string of the molecule is CCCCCOc1ccc(CNN=C(N)NNCc2ccc(OCCCCC)cc2)cc1. The van der Waals surface area contributed by atoms with E-state index in [-0.39, 0.29) is 5.96 Å². The van der Waals surface area contributed by atoms with Crippen LogP contribution in [0.3, 0.4) is 0 Å². The third-order valence-corrected chi connectivity index (χ3v) is 4.87. The number of rotatable bonds is 16. The quantitative estimate of drug-likeness (QED) is 0.133. The molecule has 7 nitrogen and oxygen atoms in total. The van der Waals surface area contributed by atoms with Gasteiger partial charge in [0.25, 0.3) is 0 Å². The fourth-order valence-corrected chi connectivity index (χ4v) is 2.97. The van der Waals surface area contributed by atoms with Gasteiger partial charge in [-0.05, 0) is 48.2 Å². The first-order chi connectivity index (χ1) is 15.7. The molecule has 0 aromatic heterocycles. The van der Waals surface area contributed by atoms with Crippen molar-refractivity contribution in [3.63, 3.8) is 0 Å². The molecule has 2 aromatic rings. The second kappa shape index (κ2) is 15.8. The second-order valence-corrected chi connectivity index (χ2v) is 7.71. The number of ether oxygens (including phenoxy) is 2. The largest absolute Gasteiger partial charge is 0.494 e. The maximum absolute atomic E-state index is 5.88. The standard InChI is InChI=1S/C25H39N5O2/c1-3-5-7-17-31-23-13-9-21(10-14-23)19-27-29-25(26)30-28-20-22-11-15-24(16-12-22)32-18-8-6-4-2/h9-16,27-28H,3-8,17-20H2,1-2H3,(H3,26,29,30). The molecule has 7 heteroatoms. The molecule has 0 atom stereocenters. The number of hydrogen-bond donors (Lipinski definition) is 4. The van der Waals surface area contributed by atoms with Crippen molar-refractivity contribution in [3.8, 4) is 11.5 Å². The van der Waals surface area contributed by atoms with Gasteiger partial charge in [0, 0.05) is 6.54 Å².